The van der Waals surface area contributed by atoms with E-state index >= 15 is 0 Å². The summed E-state index contributed by atoms with van der Waals surface area (Å²) in [5.41, 5.74) is 0.353. The fraction of sp³-hybridized carbons (Fsp3) is 0.433. The molecule has 2 aliphatic rings. The Morgan fingerprint density at radius 3 is 2.45 bits per heavy atom. The molecule has 0 aliphatic carbocycles. The number of anilines is 1. The van der Waals surface area contributed by atoms with Crippen LogP contribution < -0.4 is 4.90 Å². The van der Waals surface area contributed by atoms with Crippen molar-refractivity contribution in [2.45, 2.75) is 32.0 Å². The zero-order chi connectivity index (χ0) is 31.6. The van der Waals surface area contributed by atoms with Crippen molar-refractivity contribution < 1.29 is 36.7 Å². The minimum absolute atomic E-state index is 0.0175. The Labute approximate surface area is 251 Å². The van der Waals surface area contributed by atoms with E-state index in [0.29, 0.717) is 31.2 Å². The summed E-state index contributed by atoms with van der Waals surface area (Å²) < 4.78 is 55.4. The molecule has 2 unspecified atom stereocenters. The zero-order valence-corrected chi connectivity index (χ0v) is 24.2. The predicted molar refractivity (Wildman–Crippen MR) is 150 cm³/mol. The lowest BCUT2D eigenvalue weighted by Crippen LogP contribution is -2.55. The Morgan fingerprint density at radius 2 is 1.84 bits per heavy atom. The average molecular weight is 613 g/mol. The van der Waals surface area contributed by atoms with Crippen LogP contribution in [-0.4, -0.2) is 89.9 Å². The molecule has 2 aliphatic heterocycles. The van der Waals surface area contributed by atoms with Crippen molar-refractivity contribution >= 4 is 23.5 Å². The van der Waals surface area contributed by atoms with E-state index in [1.54, 1.807) is 23.8 Å². The molecule has 1 aromatic carbocycles. The van der Waals surface area contributed by atoms with Crippen molar-refractivity contribution in [3.8, 4) is 6.07 Å². The molecule has 0 spiro atoms. The van der Waals surface area contributed by atoms with Crippen molar-refractivity contribution in [3.63, 3.8) is 0 Å². The maximum absolute atomic E-state index is 14.7. The second-order valence-electron chi connectivity index (χ2n) is 10.8. The fourth-order valence-corrected chi connectivity index (χ4v) is 5.77. The summed E-state index contributed by atoms with van der Waals surface area (Å²) in [7, 11) is 1.60. The molecule has 2 saturated heterocycles. The Morgan fingerprint density at radius 1 is 1.14 bits per heavy atom. The number of ether oxygens (including phenoxy) is 1. The highest BCUT2D eigenvalue weighted by Crippen LogP contribution is 2.45. The van der Waals surface area contributed by atoms with E-state index in [4.69, 9.17) is 9.15 Å². The molecule has 11 nitrogen and oxygen atoms in total. The number of likely N-dealkylation sites (tertiary alicyclic amines) is 1. The van der Waals surface area contributed by atoms with Crippen LogP contribution in [0.4, 0.5) is 19.0 Å². The van der Waals surface area contributed by atoms with Gasteiger partial charge in [-0.05, 0) is 25.0 Å². The van der Waals surface area contributed by atoms with Crippen LogP contribution in [0.1, 0.15) is 45.3 Å². The minimum Gasteiger partial charge on any atom is -0.469 e. The van der Waals surface area contributed by atoms with E-state index in [9.17, 15) is 32.8 Å². The van der Waals surface area contributed by atoms with E-state index < -0.39 is 35.7 Å². The summed E-state index contributed by atoms with van der Waals surface area (Å²) in [5.74, 6) is -6.84. The lowest BCUT2D eigenvalue weighted by Gasteiger charge is -2.38. The molecule has 4 heterocycles. The molecule has 0 N–H and O–H groups in total. The molecule has 0 saturated carbocycles. The van der Waals surface area contributed by atoms with Crippen LogP contribution in [-0.2, 0) is 20.9 Å². The van der Waals surface area contributed by atoms with Crippen LogP contribution >= 0.6 is 0 Å². The van der Waals surface area contributed by atoms with Crippen molar-refractivity contribution in [1.82, 2.24) is 19.6 Å². The van der Waals surface area contributed by atoms with Gasteiger partial charge in [0.1, 0.15) is 23.3 Å². The lowest BCUT2D eigenvalue weighted by atomic mass is 9.80. The first kappa shape index (κ1) is 31.0. The first-order valence-electron chi connectivity index (χ1n) is 14.1. The van der Waals surface area contributed by atoms with E-state index in [1.807, 2.05) is 36.4 Å². The molecule has 2 fully saturated rings. The van der Waals surface area contributed by atoms with Gasteiger partial charge >= 0.3 is 6.18 Å². The van der Waals surface area contributed by atoms with E-state index in [0.717, 1.165) is 10.2 Å². The number of hydrogen-bond acceptors (Lipinski definition) is 9. The molecule has 3 aromatic rings. The number of nitrogens with zero attached hydrogens (tertiary/aromatic N) is 6. The van der Waals surface area contributed by atoms with Crippen molar-refractivity contribution in [3.05, 3.63) is 70.8 Å². The van der Waals surface area contributed by atoms with Crippen LogP contribution in [0.25, 0.3) is 0 Å². The lowest BCUT2D eigenvalue weighted by molar-refractivity contribution is -0.200. The number of hydrogen-bond donors (Lipinski definition) is 0. The van der Waals surface area contributed by atoms with Gasteiger partial charge in [-0.1, -0.05) is 30.3 Å². The number of nitriles is 1. The Kier molecular flexibility index (Phi) is 8.89. The highest BCUT2D eigenvalue weighted by molar-refractivity contribution is 6.00. The SMILES string of the molecule is Cc1occc1C(=O)n1nc(C2CCN(C(=O)CN3CCOCC3)C(=O)C2C(F)(F)F)c(C#N)c1N(C)Cc1ccccc1. The molecule has 2 amide bonds. The number of morpholine rings is 1. The average Bonchev–Trinajstić information content (AvgIpc) is 3.60. The number of halogens is 3. The number of benzene rings is 1. The van der Waals surface area contributed by atoms with Gasteiger partial charge in [0.15, 0.2) is 5.82 Å². The topological polar surface area (TPSA) is 125 Å². The normalized spacial score (nSPS) is 19.5. The van der Waals surface area contributed by atoms with Crippen molar-refractivity contribution in [2.75, 3.05) is 51.3 Å². The molecule has 2 atom stereocenters. The van der Waals surface area contributed by atoms with Gasteiger partial charge < -0.3 is 14.1 Å². The second-order valence-corrected chi connectivity index (χ2v) is 10.8. The summed E-state index contributed by atoms with van der Waals surface area (Å²) in [6.45, 7) is 2.86. The number of amides is 2. The minimum atomic E-state index is -5.06. The number of aryl methyl sites for hydroxylation is 1. The predicted octanol–water partition coefficient (Wildman–Crippen LogP) is 3.33. The number of furan rings is 1. The molecule has 0 bridgehead atoms. The summed E-state index contributed by atoms with van der Waals surface area (Å²) in [6.07, 6.45) is -4.05. The third kappa shape index (κ3) is 6.11. The summed E-state index contributed by atoms with van der Waals surface area (Å²) in [6, 6.07) is 12.5. The third-order valence-corrected chi connectivity index (χ3v) is 7.97. The number of carbonyl (C=O) groups excluding carboxylic acids is 3. The highest BCUT2D eigenvalue weighted by Gasteiger charge is 2.56. The number of imide groups is 1. The Balaban J connectivity index is 1.55. The highest BCUT2D eigenvalue weighted by atomic mass is 19.4. The number of piperidine rings is 1. The number of alkyl halides is 3. The van der Waals surface area contributed by atoms with E-state index in [-0.39, 0.29) is 54.5 Å². The Bertz CT molecular complexity index is 1570. The first-order chi connectivity index (χ1) is 21.0. The molecule has 5 rings (SSSR count). The molecule has 232 valence electrons. The van der Waals surface area contributed by atoms with Gasteiger partial charge in [-0.15, -0.1) is 0 Å². The van der Waals surface area contributed by atoms with Gasteiger partial charge in [-0.25, -0.2) is 0 Å². The number of carbonyl (C=O) groups is 3. The van der Waals surface area contributed by atoms with Gasteiger partial charge in [0.2, 0.25) is 11.8 Å². The van der Waals surface area contributed by atoms with Gasteiger partial charge in [0.05, 0.1) is 37.3 Å². The quantitative estimate of drug-likeness (QED) is 0.395. The van der Waals surface area contributed by atoms with Crippen LogP contribution in [0, 0.1) is 24.2 Å². The monoisotopic (exact) mass is 612 g/mol. The molecule has 0 radical (unpaired) electrons. The van der Waals surface area contributed by atoms with Crippen molar-refractivity contribution in [2.24, 2.45) is 5.92 Å². The summed E-state index contributed by atoms with van der Waals surface area (Å²) >= 11 is 0. The third-order valence-electron chi connectivity index (χ3n) is 7.97. The smallest absolute Gasteiger partial charge is 0.401 e. The number of aromatic nitrogens is 2. The maximum atomic E-state index is 14.7. The maximum Gasteiger partial charge on any atom is 0.401 e. The molecule has 44 heavy (non-hydrogen) atoms. The van der Waals surface area contributed by atoms with Crippen LogP contribution in [0.2, 0.25) is 0 Å². The van der Waals surface area contributed by atoms with Gasteiger partial charge in [-0.2, -0.15) is 28.2 Å². The zero-order valence-electron chi connectivity index (χ0n) is 24.2. The van der Waals surface area contributed by atoms with E-state index in [1.165, 1.54) is 12.3 Å². The molecule has 14 heteroatoms. The number of rotatable bonds is 7. The van der Waals surface area contributed by atoms with Gasteiger partial charge in [0, 0.05) is 39.1 Å². The van der Waals surface area contributed by atoms with Crippen LogP contribution in [0.3, 0.4) is 0 Å². The van der Waals surface area contributed by atoms with E-state index in [2.05, 4.69) is 5.10 Å². The standard InChI is InChI=1S/C30H31F3N6O5/c1-19-21(9-13-44-19)28(41)39-27(36(2)17-20-6-4-3-5-7-20)23(16-34)26(35-39)22-8-10-38(29(42)25(22)30(31,32)33)24(40)18-37-11-14-43-15-12-37/h3-7,9,13,22,25H,8,10-12,14-15,17-18H2,1-2H3. The second kappa shape index (κ2) is 12.6. The largest absolute Gasteiger partial charge is 0.469 e. The first-order valence-corrected chi connectivity index (χ1v) is 14.1. The van der Waals surface area contributed by atoms with Crippen LogP contribution in [0.5, 0.6) is 0 Å². The molecule has 2 aromatic heterocycles. The van der Waals surface area contributed by atoms with Gasteiger partial charge in [-0.3, -0.25) is 24.2 Å². The molecular weight excluding hydrogens is 581 g/mol. The summed E-state index contributed by atoms with van der Waals surface area (Å²) in [4.78, 5) is 44.0. The molecular formula is C30H31F3N6O5. The fourth-order valence-electron chi connectivity index (χ4n) is 5.77. The van der Waals surface area contributed by atoms with Crippen LogP contribution in [0.15, 0.2) is 47.1 Å². The Hall–Kier alpha value is -4.48. The van der Waals surface area contributed by atoms with Crippen molar-refractivity contribution in [1.29, 1.82) is 5.26 Å². The van der Waals surface area contributed by atoms with Gasteiger partial charge in [0.25, 0.3) is 5.91 Å². The summed E-state index contributed by atoms with van der Waals surface area (Å²) in [5, 5.41) is 14.6.